The van der Waals surface area contributed by atoms with Crippen molar-refractivity contribution in [3.8, 4) is 5.75 Å². The fourth-order valence-electron chi connectivity index (χ4n) is 1.66. The number of benzene rings is 2. The minimum Gasteiger partial charge on any atom is -0.426 e. The van der Waals surface area contributed by atoms with Gasteiger partial charge in [0.1, 0.15) is 5.75 Å². The molecule has 17 heavy (non-hydrogen) atoms. The Balaban J connectivity index is 2.33. The molecule has 0 N–H and O–H groups in total. The Kier molecular flexibility index (Phi) is 3.43. The Morgan fingerprint density at radius 3 is 2.65 bits per heavy atom. The number of hydrogen-bond donors (Lipinski definition) is 0. The van der Waals surface area contributed by atoms with Crippen LogP contribution >= 0.6 is 0 Å². The highest BCUT2D eigenvalue weighted by Gasteiger charge is 2.14. The highest BCUT2D eigenvalue weighted by molar-refractivity contribution is 5.90. The highest BCUT2D eigenvalue weighted by Crippen LogP contribution is 2.25. The van der Waals surface area contributed by atoms with Crippen molar-refractivity contribution in [2.75, 3.05) is 0 Å². The van der Waals surface area contributed by atoms with Gasteiger partial charge in [0, 0.05) is 5.39 Å². The minimum atomic E-state index is -0.163. The van der Waals surface area contributed by atoms with Gasteiger partial charge in [0.15, 0.2) is 0 Å². The second kappa shape index (κ2) is 5.00. The van der Waals surface area contributed by atoms with Crippen LogP contribution in [0.5, 0.6) is 5.75 Å². The first-order valence-corrected chi connectivity index (χ1v) is 5.92. The van der Waals surface area contributed by atoms with Gasteiger partial charge in [-0.3, -0.25) is 4.79 Å². The van der Waals surface area contributed by atoms with Crippen LogP contribution in [0.15, 0.2) is 42.5 Å². The van der Waals surface area contributed by atoms with Gasteiger partial charge in [0.05, 0.1) is 5.92 Å². The summed E-state index contributed by atoms with van der Waals surface area (Å²) < 4.78 is 5.44. The molecule has 0 aliphatic rings. The molecule has 0 saturated heterocycles. The van der Waals surface area contributed by atoms with Gasteiger partial charge in [-0.15, -0.1) is 0 Å². The molecule has 0 spiro atoms. The Hall–Kier alpha value is -1.83. The molecule has 1 atom stereocenters. The van der Waals surface area contributed by atoms with Gasteiger partial charge in [-0.2, -0.15) is 0 Å². The van der Waals surface area contributed by atoms with E-state index in [1.165, 1.54) is 0 Å². The van der Waals surface area contributed by atoms with Crippen molar-refractivity contribution >= 4 is 16.7 Å². The van der Waals surface area contributed by atoms with Crippen LogP contribution < -0.4 is 4.74 Å². The summed E-state index contributed by atoms with van der Waals surface area (Å²) in [6, 6.07) is 13.6. The predicted molar refractivity (Wildman–Crippen MR) is 69.0 cm³/mol. The lowest BCUT2D eigenvalue weighted by molar-refractivity contribution is -0.138. The number of carbonyl (C=O) groups is 1. The van der Waals surface area contributed by atoms with Crippen molar-refractivity contribution in [1.82, 2.24) is 0 Å². The summed E-state index contributed by atoms with van der Waals surface area (Å²) in [6.07, 6.45) is 0.795. The number of esters is 1. The van der Waals surface area contributed by atoms with E-state index >= 15 is 0 Å². The van der Waals surface area contributed by atoms with Crippen molar-refractivity contribution in [2.24, 2.45) is 5.92 Å². The van der Waals surface area contributed by atoms with Gasteiger partial charge in [-0.1, -0.05) is 50.2 Å². The monoisotopic (exact) mass is 228 g/mol. The summed E-state index contributed by atoms with van der Waals surface area (Å²) in [4.78, 5) is 11.8. The molecule has 0 saturated carbocycles. The van der Waals surface area contributed by atoms with E-state index in [1.807, 2.05) is 56.3 Å². The molecule has 2 rings (SSSR count). The Bertz CT molecular complexity index is 526. The van der Waals surface area contributed by atoms with Crippen molar-refractivity contribution in [3.05, 3.63) is 42.5 Å². The molecule has 0 aliphatic heterocycles. The molecule has 0 aromatic heterocycles. The van der Waals surface area contributed by atoms with E-state index in [-0.39, 0.29) is 11.9 Å². The second-order valence-corrected chi connectivity index (χ2v) is 4.21. The summed E-state index contributed by atoms with van der Waals surface area (Å²) in [5, 5.41) is 2.06. The van der Waals surface area contributed by atoms with Crippen LogP contribution in [0, 0.1) is 5.92 Å². The zero-order valence-electron chi connectivity index (χ0n) is 10.1. The zero-order chi connectivity index (χ0) is 12.3. The summed E-state index contributed by atoms with van der Waals surface area (Å²) in [5.74, 6) is 0.422. The number of rotatable bonds is 3. The van der Waals surface area contributed by atoms with Crippen molar-refractivity contribution in [1.29, 1.82) is 0 Å². The maximum absolute atomic E-state index is 11.8. The lowest BCUT2D eigenvalue weighted by atomic mass is 10.1. The molecular weight excluding hydrogens is 212 g/mol. The van der Waals surface area contributed by atoms with E-state index in [0.29, 0.717) is 5.75 Å². The number of hydrogen-bond acceptors (Lipinski definition) is 2. The number of fused-ring (bicyclic) bond motifs is 1. The van der Waals surface area contributed by atoms with E-state index in [0.717, 1.165) is 17.2 Å². The third-order valence-corrected chi connectivity index (χ3v) is 2.97. The number of carbonyl (C=O) groups excluding carboxylic acids is 1. The lowest BCUT2D eigenvalue weighted by Gasteiger charge is -2.10. The fourth-order valence-corrected chi connectivity index (χ4v) is 1.66. The van der Waals surface area contributed by atoms with Crippen molar-refractivity contribution < 1.29 is 9.53 Å². The molecule has 0 aliphatic carbocycles. The molecule has 2 nitrogen and oxygen atoms in total. The summed E-state index contributed by atoms with van der Waals surface area (Å²) in [7, 11) is 0. The van der Waals surface area contributed by atoms with E-state index < -0.39 is 0 Å². The maximum Gasteiger partial charge on any atom is 0.314 e. The molecule has 0 amide bonds. The molecular formula is C15H16O2. The third-order valence-electron chi connectivity index (χ3n) is 2.97. The van der Waals surface area contributed by atoms with Crippen molar-refractivity contribution in [2.45, 2.75) is 20.3 Å². The van der Waals surface area contributed by atoms with Crippen LogP contribution in [0.1, 0.15) is 20.3 Å². The largest absolute Gasteiger partial charge is 0.426 e. The first-order chi connectivity index (χ1) is 8.22. The molecule has 2 aromatic carbocycles. The molecule has 0 fully saturated rings. The predicted octanol–water partition coefficient (Wildman–Crippen LogP) is 3.79. The van der Waals surface area contributed by atoms with E-state index in [2.05, 4.69) is 0 Å². The average molecular weight is 228 g/mol. The molecule has 2 aromatic rings. The standard InChI is InChI=1S/C15H16O2/c1-3-11(2)15(16)17-14-10-6-8-12-7-4-5-9-13(12)14/h4-11H,3H2,1-2H3. The van der Waals surface area contributed by atoms with Gasteiger partial charge < -0.3 is 4.74 Å². The van der Waals surface area contributed by atoms with Gasteiger partial charge in [0.2, 0.25) is 0 Å². The Morgan fingerprint density at radius 2 is 1.88 bits per heavy atom. The maximum atomic E-state index is 11.8. The summed E-state index contributed by atoms with van der Waals surface area (Å²) in [6.45, 7) is 3.86. The minimum absolute atomic E-state index is 0.0611. The summed E-state index contributed by atoms with van der Waals surface area (Å²) >= 11 is 0. The van der Waals surface area contributed by atoms with Gasteiger partial charge in [-0.25, -0.2) is 0 Å². The zero-order valence-corrected chi connectivity index (χ0v) is 10.1. The molecule has 1 unspecified atom stereocenters. The Morgan fingerprint density at radius 1 is 1.18 bits per heavy atom. The van der Waals surface area contributed by atoms with Gasteiger partial charge in [-0.05, 0) is 17.9 Å². The van der Waals surface area contributed by atoms with Gasteiger partial charge >= 0.3 is 5.97 Å². The normalized spacial score (nSPS) is 12.4. The molecule has 88 valence electrons. The van der Waals surface area contributed by atoms with Crippen LogP contribution in [0.25, 0.3) is 10.8 Å². The molecule has 0 heterocycles. The van der Waals surface area contributed by atoms with Crippen LogP contribution in [0.3, 0.4) is 0 Å². The third kappa shape index (κ3) is 2.47. The highest BCUT2D eigenvalue weighted by atomic mass is 16.5. The first kappa shape index (κ1) is 11.6. The molecule has 0 bridgehead atoms. The fraction of sp³-hybridized carbons (Fsp3) is 0.267. The van der Waals surface area contributed by atoms with E-state index in [9.17, 15) is 4.79 Å². The lowest BCUT2D eigenvalue weighted by Crippen LogP contribution is -2.17. The molecule has 2 heteroatoms. The van der Waals surface area contributed by atoms with Crippen LogP contribution in [-0.4, -0.2) is 5.97 Å². The van der Waals surface area contributed by atoms with Crippen molar-refractivity contribution in [3.63, 3.8) is 0 Å². The smallest absolute Gasteiger partial charge is 0.314 e. The SMILES string of the molecule is CCC(C)C(=O)Oc1cccc2ccccc12. The van der Waals surface area contributed by atoms with Crippen LogP contribution in [-0.2, 0) is 4.79 Å². The summed E-state index contributed by atoms with van der Waals surface area (Å²) in [5.41, 5.74) is 0. The average Bonchev–Trinajstić information content (AvgIpc) is 2.38. The van der Waals surface area contributed by atoms with Gasteiger partial charge in [0.25, 0.3) is 0 Å². The topological polar surface area (TPSA) is 26.3 Å². The Labute approximate surface area is 101 Å². The number of ether oxygens (including phenoxy) is 1. The molecule has 0 radical (unpaired) electrons. The van der Waals surface area contributed by atoms with E-state index in [1.54, 1.807) is 0 Å². The van der Waals surface area contributed by atoms with Crippen LogP contribution in [0.4, 0.5) is 0 Å². The van der Waals surface area contributed by atoms with Crippen LogP contribution in [0.2, 0.25) is 0 Å². The second-order valence-electron chi connectivity index (χ2n) is 4.21. The van der Waals surface area contributed by atoms with E-state index in [4.69, 9.17) is 4.74 Å². The first-order valence-electron chi connectivity index (χ1n) is 5.92. The quantitative estimate of drug-likeness (QED) is 0.590.